The third-order valence-corrected chi connectivity index (χ3v) is 3.78. The van der Waals surface area contributed by atoms with Crippen LogP contribution in [-0.2, 0) is 10.9 Å². The summed E-state index contributed by atoms with van der Waals surface area (Å²) in [5, 5.41) is 0. The Balaban J connectivity index is 2.52. The van der Waals surface area contributed by atoms with E-state index in [4.69, 9.17) is 4.74 Å². The zero-order chi connectivity index (χ0) is 15.6. The molecule has 2 aromatic rings. The van der Waals surface area contributed by atoms with Gasteiger partial charge in [-0.3, -0.25) is 0 Å². The lowest BCUT2D eigenvalue weighted by Gasteiger charge is -2.07. The van der Waals surface area contributed by atoms with Gasteiger partial charge in [0.25, 0.3) is 0 Å². The Morgan fingerprint density at radius 2 is 1.86 bits per heavy atom. The van der Waals surface area contributed by atoms with Gasteiger partial charge < -0.3 is 4.74 Å². The van der Waals surface area contributed by atoms with Gasteiger partial charge in [-0.15, -0.1) is 11.3 Å². The highest BCUT2D eigenvalue weighted by Crippen LogP contribution is 2.42. The summed E-state index contributed by atoms with van der Waals surface area (Å²) in [6, 6.07) is 5.73. The zero-order valence-electron chi connectivity index (χ0n) is 10.8. The second-order valence-electron chi connectivity index (χ2n) is 4.08. The van der Waals surface area contributed by atoms with Gasteiger partial charge >= 0.3 is 12.1 Å². The van der Waals surface area contributed by atoms with Gasteiger partial charge in [0.15, 0.2) is 0 Å². The van der Waals surface area contributed by atoms with Gasteiger partial charge in [-0.25, -0.2) is 9.18 Å². The molecule has 1 heterocycles. The van der Waals surface area contributed by atoms with Crippen molar-refractivity contribution in [2.75, 3.05) is 6.61 Å². The molecule has 1 aromatic carbocycles. The van der Waals surface area contributed by atoms with Crippen LogP contribution in [0.3, 0.4) is 0 Å². The molecule has 0 saturated heterocycles. The van der Waals surface area contributed by atoms with Gasteiger partial charge in [0, 0.05) is 5.56 Å². The number of carbonyl (C=O) groups excluding carboxylic acids is 1. The number of halogens is 4. The van der Waals surface area contributed by atoms with Crippen molar-refractivity contribution in [1.29, 1.82) is 0 Å². The molecule has 2 nitrogen and oxygen atoms in total. The van der Waals surface area contributed by atoms with Crippen molar-refractivity contribution in [3.8, 4) is 11.1 Å². The van der Waals surface area contributed by atoms with Gasteiger partial charge in [0.1, 0.15) is 15.6 Å². The Kier molecular flexibility index (Phi) is 4.32. The van der Waals surface area contributed by atoms with Crippen LogP contribution in [0.25, 0.3) is 11.1 Å². The molecule has 0 bridgehead atoms. The van der Waals surface area contributed by atoms with Crippen molar-refractivity contribution in [3.63, 3.8) is 0 Å². The minimum absolute atomic E-state index is 0.0734. The number of ether oxygens (including phenoxy) is 1. The van der Waals surface area contributed by atoms with Crippen LogP contribution in [0.1, 0.15) is 21.5 Å². The number of carbonyl (C=O) groups is 1. The SMILES string of the molecule is CCOC(=O)c1cc(-c2ccc(F)cc2)c(C(F)(F)F)s1. The number of rotatable bonds is 3. The molecule has 2 rings (SSSR count). The largest absolute Gasteiger partial charge is 0.462 e. The summed E-state index contributed by atoms with van der Waals surface area (Å²) in [7, 11) is 0. The molecule has 0 aliphatic carbocycles. The van der Waals surface area contributed by atoms with Crippen molar-refractivity contribution in [3.05, 3.63) is 45.9 Å². The quantitative estimate of drug-likeness (QED) is 0.603. The summed E-state index contributed by atoms with van der Waals surface area (Å²) in [4.78, 5) is 10.5. The second kappa shape index (κ2) is 5.85. The summed E-state index contributed by atoms with van der Waals surface area (Å²) in [6.45, 7) is 1.64. The van der Waals surface area contributed by atoms with E-state index in [1.54, 1.807) is 6.92 Å². The molecule has 0 atom stereocenters. The third-order valence-electron chi connectivity index (χ3n) is 2.62. The monoisotopic (exact) mass is 318 g/mol. The lowest BCUT2D eigenvalue weighted by atomic mass is 10.1. The lowest BCUT2D eigenvalue weighted by molar-refractivity contribution is -0.133. The van der Waals surface area contributed by atoms with E-state index in [-0.39, 0.29) is 22.6 Å². The maximum Gasteiger partial charge on any atom is 0.426 e. The predicted molar refractivity (Wildman–Crippen MR) is 70.7 cm³/mol. The van der Waals surface area contributed by atoms with E-state index in [9.17, 15) is 22.4 Å². The van der Waals surface area contributed by atoms with E-state index in [2.05, 4.69) is 0 Å². The van der Waals surface area contributed by atoms with Gasteiger partial charge in [-0.1, -0.05) is 12.1 Å². The molecule has 0 aliphatic heterocycles. The predicted octanol–water partition coefficient (Wildman–Crippen LogP) is 4.75. The summed E-state index contributed by atoms with van der Waals surface area (Å²) in [5.41, 5.74) is 0.0334. The highest BCUT2D eigenvalue weighted by molar-refractivity contribution is 7.14. The normalized spacial score (nSPS) is 11.5. The molecule has 0 radical (unpaired) electrons. The van der Waals surface area contributed by atoms with Crippen LogP contribution >= 0.6 is 11.3 Å². The maximum absolute atomic E-state index is 13.1. The molecule has 0 saturated carbocycles. The van der Waals surface area contributed by atoms with Crippen molar-refractivity contribution in [1.82, 2.24) is 0 Å². The topological polar surface area (TPSA) is 26.3 Å². The fourth-order valence-electron chi connectivity index (χ4n) is 1.75. The van der Waals surface area contributed by atoms with E-state index in [0.29, 0.717) is 11.3 Å². The van der Waals surface area contributed by atoms with Crippen LogP contribution in [-0.4, -0.2) is 12.6 Å². The first-order valence-corrected chi connectivity index (χ1v) is 6.78. The van der Waals surface area contributed by atoms with Crippen LogP contribution in [0.5, 0.6) is 0 Å². The Bertz CT molecular complexity index is 644. The Morgan fingerprint density at radius 3 is 2.38 bits per heavy atom. The van der Waals surface area contributed by atoms with Gasteiger partial charge in [-0.05, 0) is 30.7 Å². The highest BCUT2D eigenvalue weighted by atomic mass is 32.1. The van der Waals surface area contributed by atoms with Gasteiger partial charge in [-0.2, -0.15) is 13.2 Å². The molecule has 112 valence electrons. The first kappa shape index (κ1) is 15.5. The molecular formula is C14H10F4O2S. The summed E-state index contributed by atoms with van der Waals surface area (Å²) in [6.07, 6.45) is -4.60. The summed E-state index contributed by atoms with van der Waals surface area (Å²) < 4.78 is 56.8. The first-order chi connectivity index (χ1) is 9.82. The fraction of sp³-hybridized carbons (Fsp3) is 0.214. The number of benzene rings is 1. The van der Waals surface area contributed by atoms with Crippen LogP contribution in [0.4, 0.5) is 17.6 Å². The third kappa shape index (κ3) is 3.41. The standard InChI is InChI=1S/C14H10F4O2S/c1-2-20-13(19)11-7-10(12(21-11)14(16,17)18)8-3-5-9(15)6-4-8/h3-7H,2H2,1H3. The fourth-order valence-corrected chi connectivity index (χ4v) is 2.69. The zero-order valence-corrected chi connectivity index (χ0v) is 11.6. The molecule has 7 heteroatoms. The van der Waals surface area contributed by atoms with Crippen LogP contribution in [0.2, 0.25) is 0 Å². The van der Waals surface area contributed by atoms with Crippen molar-refractivity contribution < 1.29 is 27.1 Å². The van der Waals surface area contributed by atoms with E-state index >= 15 is 0 Å². The molecule has 0 unspecified atom stereocenters. The maximum atomic E-state index is 13.1. The number of esters is 1. The Hall–Kier alpha value is -1.89. The number of hydrogen-bond donors (Lipinski definition) is 0. The molecule has 0 fully saturated rings. The Morgan fingerprint density at radius 1 is 1.24 bits per heavy atom. The Labute approximate surface area is 122 Å². The first-order valence-electron chi connectivity index (χ1n) is 5.97. The summed E-state index contributed by atoms with van der Waals surface area (Å²) in [5.74, 6) is -1.35. The van der Waals surface area contributed by atoms with Crippen molar-refractivity contribution in [2.45, 2.75) is 13.1 Å². The van der Waals surface area contributed by atoms with E-state index < -0.39 is 22.8 Å². The highest BCUT2D eigenvalue weighted by Gasteiger charge is 2.37. The average Bonchev–Trinajstić information content (AvgIpc) is 2.85. The number of thiophene rings is 1. The number of hydrogen-bond acceptors (Lipinski definition) is 3. The summed E-state index contributed by atoms with van der Waals surface area (Å²) >= 11 is 0.320. The smallest absolute Gasteiger partial charge is 0.426 e. The average molecular weight is 318 g/mol. The molecule has 0 amide bonds. The van der Waals surface area contributed by atoms with E-state index in [1.807, 2.05) is 0 Å². The van der Waals surface area contributed by atoms with Crippen LogP contribution in [0, 0.1) is 5.82 Å². The van der Waals surface area contributed by atoms with Crippen molar-refractivity contribution >= 4 is 17.3 Å². The van der Waals surface area contributed by atoms with Crippen LogP contribution < -0.4 is 0 Å². The molecule has 0 aliphatic rings. The van der Waals surface area contributed by atoms with Gasteiger partial charge in [0.05, 0.1) is 6.61 Å². The van der Waals surface area contributed by atoms with E-state index in [1.165, 1.54) is 12.1 Å². The lowest BCUT2D eigenvalue weighted by Crippen LogP contribution is -2.03. The van der Waals surface area contributed by atoms with E-state index in [0.717, 1.165) is 18.2 Å². The van der Waals surface area contributed by atoms with Crippen LogP contribution in [0.15, 0.2) is 30.3 Å². The second-order valence-corrected chi connectivity index (χ2v) is 5.13. The molecule has 1 aromatic heterocycles. The molecule has 21 heavy (non-hydrogen) atoms. The molecule has 0 spiro atoms. The minimum atomic E-state index is -4.60. The minimum Gasteiger partial charge on any atom is -0.462 e. The van der Waals surface area contributed by atoms with Gasteiger partial charge in [0.2, 0.25) is 0 Å². The van der Waals surface area contributed by atoms with Crippen molar-refractivity contribution in [2.24, 2.45) is 0 Å². The molecular weight excluding hydrogens is 308 g/mol. The molecule has 0 N–H and O–H groups in total. The number of alkyl halides is 3.